The molecule has 1 aliphatic rings. The number of hydrogen-bond acceptors (Lipinski definition) is 1. The van der Waals surface area contributed by atoms with E-state index in [1.54, 1.807) is 0 Å². The Bertz CT molecular complexity index is 56.5. The van der Waals surface area contributed by atoms with Crippen LogP contribution in [-0.2, 0) is 4.79 Å². The topological polar surface area (TPSA) is 39.4 Å². The minimum Gasteiger partial charge on any atom is -0.724 e. The van der Waals surface area contributed by atoms with E-state index in [4.69, 9.17) is 10.2 Å². The molecular formula is C5H8NO-. The van der Waals surface area contributed by atoms with Crippen LogP contribution in [0.15, 0.2) is 0 Å². The van der Waals surface area contributed by atoms with Gasteiger partial charge in [-0.1, -0.05) is 25.7 Å². The average molecular weight is 98.1 g/mol. The SMILES string of the molecule is C1CCC1.[N-]=C=O. The molecule has 0 spiro atoms. The van der Waals surface area contributed by atoms with Gasteiger partial charge in [0, 0.05) is 0 Å². The molecule has 7 heavy (non-hydrogen) atoms. The third-order valence-electron chi connectivity index (χ3n) is 1.000. The van der Waals surface area contributed by atoms with E-state index >= 15 is 0 Å². The Morgan fingerprint density at radius 2 is 1.29 bits per heavy atom. The third kappa shape index (κ3) is 5.38. The van der Waals surface area contributed by atoms with Gasteiger partial charge in [0.05, 0.1) is 0 Å². The van der Waals surface area contributed by atoms with Crippen LogP contribution in [0.2, 0.25) is 0 Å². The number of isocyanates is 1. The Morgan fingerprint density at radius 1 is 1.14 bits per heavy atom. The first kappa shape index (κ1) is 6.38. The van der Waals surface area contributed by atoms with Crippen molar-refractivity contribution >= 4 is 6.08 Å². The van der Waals surface area contributed by atoms with E-state index < -0.39 is 0 Å². The standard InChI is InChI=1S/C4H8.CNO/c1-2-4-3-1;2-1-3/h1-4H2;/q;-1. The second kappa shape index (κ2) is 5.38. The molecule has 1 fully saturated rings. The van der Waals surface area contributed by atoms with Crippen LogP contribution in [0, 0.1) is 0 Å². The van der Waals surface area contributed by atoms with Gasteiger partial charge in [0.25, 0.3) is 0 Å². The van der Waals surface area contributed by atoms with Gasteiger partial charge in [-0.05, 0) is 6.08 Å². The van der Waals surface area contributed by atoms with Crippen LogP contribution >= 0.6 is 0 Å². The summed E-state index contributed by atoms with van der Waals surface area (Å²) < 4.78 is 0. The van der Waals surface area contributed by atoms with Crippen LogP contribution in [0.25, 0.3) is 5.41 Å². The molecule has 1 rings (SSSR count). The lowest BCUT2D eigenvalue weighted by atomic mass is 10.0. The van der Waals surface area contributed by atoms with Crippen molar-refractivity contribution in [1.82, 2.24) is 0 Å². The first-order chi connectivity index (χ1) is 3.41. The van der Waals surface area contributed by atoms with Crippen molar-refractivity contribution in [2.45, 2.75) is 25.7 Å². The summed E-state index contributed by atoms with van der Waals surface area (Å²) in [6, 6.07) is 0. The fraction of sp³-hybridized carbons (Fsp3) is 0.800. The zero-order valence-corrected chi connectivity index (χ0v) is 4.18. The molecular weight excluding hydrogens is 90.1 g/mol. The van der Waals surface area contributed by atoms with Gasteiger partial charge in [-0.2, -0.15) is 0 Å². The molecule has 0 amide bonds. The van der Waals surface area contributed by atoms with E-state index in [0.717, 1.165) is 0 Å². The van der Waals surface area contributed by atoms with Gasteiger partial charge in [-0.3, -0.25) is 4.79 Å². The van der Waals surface area contributed by atoms with Crippen molar-refractivity contribution in [2.75, 3.05) is 0 Å². The highest BCUT2D eigenvalue weighted by molar-refractivity contribution is 5.36. The van der Waals surface area contributed by atoms with E-state index in [2.05, 4.69) is 0 Å². The monoisotopic (exact) mass is 98.1 g/mol. The molecule has 0 N–H and O–H groups in total. The molecule has 1 saturated carbocycles. The van der Waals surface area contributed by atoms with Crippen LogP contribution in [-0.4, -0.2) is 6.08 Å². The van der Waals surface area contributed by atoms with E-state index in [0.29, 0.717) is 6.08 Å². The Kier molecular flexibility index (Phi) is 4.90. The van der Waals surface area contributed by atoms with Crippen LogP contribution in [0.3, 0.4) is 0 Å². The van der Waals surface area contributed by atoms with Gasteiger partial charge in [0.1, 0.15) is 0 Å². The summed E-state index contributed by atoms with van der Waals surface area (Å²) in [5.74, 6) is 0. The minimum atomic E-state index is 0.500. The molecule has 0 aliphatic heterocycles. The third-order valence-corrected chi connectivity index (χ3v) is 1.000. The molecule has 0 aromatic rings. The highest BCUT2D eigenvalue weighted by atomic mass is 16.1. The maximum Gasteiger partial charge on any atom is -0.0159 e. The Balaban J connectivity index is 0.000000110. The maximum absolute atomic E-state index is 8.24. The van der Waals surface area contributed by atoms with Gasteiger partial charge in [0.2, 0.25) is 0 Å². The molecule has 2 nitrogen and oxygen atoms in total. The lowest BCUT2D eigenvalue weighted by Crippen LogP contribution is -1.85. The smallest absolute Gasteiger partial charge is 0.0159 e. The summed E-state index contributed by atoms with van der Waals surface area (Å²) in [5.41, 5.74) is 0. The van der Waals surface area contributed by atoms with Crippen LogP contribution in [0.4, 0.5) is 0 Å². The number of rotatable bonds is 0. The molecule has 0 atom stereocenters. The summed E-state index contributed by atoms with van der Waals surface area (Å²) in [6.07, 6.45) is 6.50. The summed E-state index contributed by atoms with van der Waals surface area (Å²) >= 11 is 0. The second-order valence-corrected chi connectivity index (χ2v) is 1.51. The first-order valence-electron chi connectivity index (χ1n) is 2.43. The first-order valence-corrected chi connectivity index (χ1v) is 2.43. The van der Waals surface area contributed by atoms with E-state index in [-0.39, 0.29) is 0 Å². The van der Waals surface area contributed by atoms with Crippen molar-refractivity contribution in [2.24, 2.45) is 0 Å². The zero-order chi connectivity index (χ0) is 5.54. The number of carbonyl (C=O) groups excluding carboxylic acids is 1. The lowest BCUT2D eigenvalue weighted by molar-refractivity contribution is 0.504. The molecule has 2 heteroatoms. The normalized spacial score (nSPS) is 14.9. The Hall–Kier alpha value is -0.620. The van der Waals surface area contributed by atoms with Gasteiger partial charge in [0.15, 0.2) is 0 Å². The Morgan fingerprint density at radius 3 is 1.29 bits per heavy atom. The van der Waals surface area contributed by atoms with Crippen molar-refractivity contribution in [3.05, 3.63) is 5.41 Å². The molecule has 0 saturated heterocycles. The van der Waals surface area contributed by atoms with Crippen molar-refractivity contribution in [3.8, 4) is 0 Å². The maximum atomic E-state index is 8.24. The van der Waals surface area contributed by atoms with Crippen molar-refractivity contribution in [1.29, 1.82) is 0 Å². The van der Waals surface area contributed by atoms with Gasteiger partial charge in [-0.15, -0.1) is 0 Å². The van der Waals surface area contributed by atoms with E-state index in [9.17, 15) is 0 Å². The minimum absolute atomic E-state index is 0.500. The number of nitrogens with zero attached hydrogens (tertiary/aromatic N) is 1. The van der Waals surface area contributed by atoms with Crippen LogP contribution in [0.5, 0.6) is 0 Å². The van der Waals surface area contributed by atoms with Crippen molar-refractivity contribution in [3.63, 3.8) is 0 Å². The van der Waals surface area contributed by atoms with Crippen LogP contribution in [0.1, 0.15) is 25.7 Å². The van der Waals surface area contributed by atoms with Gasteiger partial charge in [-0.25, -0.2) is 0 Å². The zero-order valence-electron chi connectivity index (χ0n) is 4.18. The fourth-order valence-electron chi connectivity index (χ4n) is 0.250. The average Bonchev–Trinajstić information content (AvgIpc) is 1.27. The largest absolute Gasteiger partial charge is 0.724 e. The van der Waals surface area contributed by atoms with E-state index in [1.165, 1.54) is 25.7 Å². The predicted octanol–water partition coefficient (Wildman–Crippen LogP) is 1.45. The highest BCUT2D eigenvalue weighted by Crippen LogP contribution is 2.15. The molecule has 0 bridgehead atoms. The summed E-state index contributed by atoms with van der Waals surface area (Å²) in [7, 11) is 0. The fourth-order valence-corrected chi connectivity index (χ4v) is 0.250. The molecule has 0 aromatic heterocycles. The molecule has 1 aliphatic carbocycles. The summed E-state index contributed by atoms with van der Waals surface area (Å²) in [4.78, 5) is 8.24. The molecule has 40 valence electrons. The quantitative estimate of drug-likeness (QED) is 0.334. The molecule has 0 radical (unpaired) electrons. The molecule has 0 heterocycles. The predicted molar refractivity (Wildman–Crippen MR) is 27.5 cm³/mol. The molecule has 0 aromatic carbocycles. The second-order valence-electron chi connectivity index (χ2n) is 1.51. The highest BCUT2D eigenvalue weighted by Gasteiger charge is 1.95. The van der Waals surface area contributed by atoms with Gasteiger partial charge >= 0.3 is 0 Å². The Labute approximate surface area is 43.0 Å². The van der Waals surface area contributed by atoms with E-state index in [1.807, 2.05) is 0 Å². The summed E-state index contributed by atoms with van der Waals surface area (Å²) in [6.45, 7) is 0. The number of hydrogen-bond donors (Lipinski definition) is 0. The molecule has 0 unspecified atom stereocenters. The van der Waals surface area contributed by atoms with Crippen molar-refractivity contribution < 1.29 is 4.79 Å². The lowest BCUT2D eigenvalue weighted by Gasteiger charge is -2.05. The van der Waals surface area contributed by atoms with Crippen LogP contribution < -0.4 is 0 Å². The van der Waals surface area contributed by atoms with Gasteiger partial charge < -0.3 is 5.41 Å². The summed E-state index contributed by atoms with van der Waals surface area (Å²) in [5, 5.41) is 6.76.